The summed E-state index contributed by atoms with van der Waals surface area (Å²) in [5.74, 6) is 1.44. The van der Waals surface area contributed by atoms with Crippen LogP contribution in [0.15, 0.2) is 35.3 Å². The second-order valence-corrected chi connectivity index (χ2v) is 6.06. The minimum absolute atomic E-state index is 0.109. The van der Waals surface area contributed by atoms with Gasteiger partial charge in [-0.15, -0.1) is 0 Å². The molecular formula is C18H24N2O2. The van der Waals surface area contributed by atoms with Crippen molar-refractivity contribution in [1.29, 1.82) is 0 Å². The number of hydrogen-bond donors (Lipinski definition) is 1. The number of piperidine rings is 1. The third-order valence-electron chi connectivity index (χ3n) is 4.33. The van der Waals surface area contributed by atoms with Gasteiger partial charge in [0.1, 0.15) is 5.75 Å². The average molecular weight is 300 g/mol. The Morgan fingerprint density at radius 2 is 2.09 bits per heavy atom. The van der Waals surface area contributed by atoms with E-state index in [0.717, 1.165) is 55.4 Å². The first kappa shape index (κ1) is 15.1. The predicted molar refractivity (Wildman–Crippen MR) is 89.6 cm³/mol. The normalized spacial score (nSPS) is 16.0. The summed E-state index contributed by atoms with van der Waals surface area (Å²) in [6, 6.07) is 7.77. The van der Waals surface area contributed by atoms with Crippen LogP contribution in [0.1, 0.15) is 26.2 Å². The van der Waals surface area contributed by atoms with Gasteiger partial charge in [-0.1, -0.05) is 6.92 Å². The molecule has 4 heteroatoms. The number of aromatic nitrogens is 1. The second-order valence-electron chi connectivity index (χ2n) is 6.06. The monoisotopic (exact) mass is 300 g/mol. The van der Waals surface area contributed by atoms with Crippen molar-refractivity contribution in [2.45, 2.75) is 32.7 Å². The predicted octanol–water partition coefficient (Wildman–Crippen LogP) is 2.79. The molecule has 0 amide bonds. The van der Waals surface area contributed by atoms with E-state index < -0.39 is 0 Å². The van der Waals surface area contributed by atoms with E-state index in [-0.39, 0.29) is 5.56 Å². The molecule has 0 unspecified atom stereocenters. The van der Waals surface area contributed by atoms with Gasteiger partial charge in [-0.05, 0) is 67.9 Å². The fraction of sp³-hybridized carbons (Fsp3) is 0.500. The van der Waals surface area contributed by atoms with Gasteiger partial charge in [0.25, 0.3) is 5.56 Å². The zero-order valence-corrected chi connectivity index (χ0v) is 13.2. The van der Waals surface area contributed by atoms with Gasteiger partial charge in [0.05, 0.1) is 6.61 Å². The number of pyridine rings is 1. The van der Waals surface area contributed by atoms with E-state index in [1.807, 2.05) is 35.0 Å². The van der Waals surface area contributed by atoms with Crippen LogP contribution >= 0.6 is 0 Å². The van der Waals surface area contributed by atoms with Gasteiger partial charge in [0.15, 0.2) is 0 Å². The van der Waals surface area contributed by atoms with Gasteiger partial charge in [0.2, 0.25) is 0 Å². The van der Waals surface area contributed by atoms with E-state index in [2.05, 4.69) is 12.2 Å². The fourth-order valence-electron chi connectivity index (χ4n) is 3.06. The molecule has 1 aromatic carbocycles. The molecule has 1 aliphatic rings. The zero-order chi connectivity index (χ0) is 15.4. The molecule has 3 rings (SSSR count). The van der Waals surface area contributed by atoms with E-state index in [1.165, 1.54) is 0 Å². The molecule has 1 fully saturated rings. The number of ether oxygens (including phenoxy) is 1. The Labute approximate surface area is 131 Å². The Morgan fingerprint density at radius 1 is 1.27 bits per heavy atom. The van der Waals surface area contributed by atoms with E-state index in [9.17, 15) is 4.79 Å². The first-order valence-electron chi connectivity index (χ1n) is 8.24. The van der Waals surface area contributed by atoms with E-state index in [4.69, 9.17) is 4.74 Å². The van der Waals surface area contributed by atoms with Crippen LogP contribution in [-0.4, -0.2) is 24.3 Å². The molecule has 0 spiro atoms. The Bertz CT molecular complexity index is 687. The highest BCUT2D eigenvalue weighted by Gasteiger charge is 2.14. The van der Waals surface area contributed by atoms with E-state index in [0.29, 0.717) is 12.5 Å². The minimum Gasteiger partial charge on any atom is -0.494 e. The molecule has 1 aromatic heterocycles. The summed E-state index contributed by atoms with van der Waals surface area (Å²) in [5, 5.41) is 5.10. The summed E-state index contributed by atoms with van der Waals surface area (Å²) < 4.78 is 7.51. The molecule has 1 aliphatic heterocycles. The lowest BCUT2D eigenvalue weighted by Gasteiger charge is -2.23. The van der Waals surface area contributed by atoms with Gasteiger partial charge in [-0.3, -0.25) is 4.79 Å². The van der Waals surface area contributed by atoms with Gasteiger partial charge in [-0.25, -0.2) is 0 Å². The molecule has 22 heavy (non-hydrogen) atoms. The first-order valence-corrected chi connectivity index (χ1v) is 8.24. The van der Waals surface area contributed by atoms with Gasteiger partial charge in [-0.2, -0.15) is 0 Å². The van der Waals surface area contributed by atoms with Gasteiger partial charge < -0.3 is 14.6 Å². The van der Waals surface area contributed by atoms with Gasteiger partial charge in [0, 0.05) is 18.1 Å². The Hall–Kier alpha value is -1.81. The zero-order valence-electron chi connectivity index (χ0n) is 13.2. The van der Waals surface area contributed by atoms with Crippen molar-refractivity contribution in [3.05, 3.63) is 40.8 Å². The van der Waals surface area contributed by atoms with E-state index in [1.54, 1.807) is 0 Å². The SMILES string of the molecule is CCCOc1ccc2c(=O)n(CC3CCNCC3)ccc2c1. The van der Waals surface area contributed by atoms with Crippen molar-refractivity contribution >= 4 is 10.8 Å². The smallest absolute Gasteiger partial charge is 0.258 e. The van der Waals surface area contributed by atoms with E-state index >= 15 is 0 Å². The third kappa shape index (κ3) is 3.33. The van der Waals surface area contributed by atoms with Crippen LogP contribution in [0.25, 0.3) is 10.8 Å². The summed E-state index contributed by atoms with van der Waals surface area (Å²) in [6.45, 7) is 5.74. The minimum atomic E-state index is 0.109. The van der Waals surface area contributed by atoms with Crippen molar-refractivity contribution in [1.82, 2.24) is 9.88 Å². The summed E-state index contributed by atoms with van der Waals surface area (Å²) >= 11 is 0. The molecule has 0 bridgehead atoms. The molecule has 0 saturated carbocycles. The van der Waals surface area contributed by atoms with Crippen LogP contribution in [0.5, 0.6) is 5.75 Å². The van der Waals surface area contributed by atoms with Crippen molar-refractivity contribution < 1.29 is 4.74 Å². The maximum absolute atomic E-state index is 12.6. The molecule has 118 valence electrons. The van der Waals surface area contributed by atoms with Crippen molar-refractivity contribution in [3.8, 4) is 5.75 Å². The lowest BCUT2D eigenvalue weighted by molar-refractivity contribution is 0.318. The second kappa shape index (κ2) is 6.97. The molecule has 1 N–H and O–H groups in total. The Balaban J connectivity index is 1.84. The average Bonchev–Trinajstić information content (AvgIpc) is 2.56. The standard InChI is InChI=1S/C18H24N2O2/c1-2-11-22-16-3-4-17-15(12-16)7-10-20(18(17)21)13-14-5-8-19-9-6-14/h3-4,7,10,12,14,19H,2,5-6,8-9,11,13H2,1H3. The Kier molecular flexibility index (Phi) is 4.78. The lowest BCUT2D eigenvalue weighted by atomic mass is 9.98. The highest BCUT2D eigenvalue weighted by atomic mass is 16.5. The molecule has 1 saturated heterocycles. The highest BCUT2D eigenvalue weighted by Crippen LogP contribution is 2.19. The molecule has 4 nitrogen and oxygen atoms in total. The van der Waals surface area contributed by atoms with Crippen molar-refractivity contribution in [2.75, 3.05) is 19.7 Å². The van der Waals surface area contributed by atoms with Crippen LogP contribution in [0.4, 0.5) is 0 Å². The topological polar surface area (TPSA) is 43.3 Å². The number of benzene rings is 1. The van der Waals surface area contributed by atoms with Crippen molar-refractivity contribution in [3.63, 3.8) is 0 Å². The molecule has 2 heterocycles. The first-order chi connectivity index (χ1) is 10.8. The van der Waals surface area contributed by atoms with Crippen molar-refractivity contribution in [2.24, 2.45) is 5.92 Å². The number of hydrogen-bond acceptors (Lipinski definition) is 3. The number of nitrogens with zero attached hydrogens (tertiary/aromatic N) is 1. The molecule has 2 aromatic rings. The van der Waals surface area contributed by atoms with Crippen LogP contribution < -0.4 is 15.6 Å². The third-order valence-corrected chi connectivity index (χ3v) is 4.33. The van der Waals surface area contributed by atoms with Crippen LogP contribution in [0.2, 0.25) is 0 Å². The maximum Gasteiger partial charge on any atom is 0.258 e. The maximum atomic E-state index is 12.6. The number of nitrogens with one attached hydrogen (secondary N) is 1. The molecule has 0 atom stereocenters. The molecule has 0 aliphatic carbocycles. The van der Waals surface area contributed by atoms with Crippen LogP contribution in [-0.2, 0) is 6.54 Å². The largest absolute Gasteiger partial charge is 0.494 e. The molecular weight excluding hydrogens is 276 g/mol. The fourth-order valence-corrected chi connectivity index (χ4v) is 3.06. The quantitative estimate of drug-likeness (QED) is 0.923. The van der Waals surface area contributed by atoms with Crippen LogP contribution in [0.3, 0.4) is 0 Å². The molecule has 0 radical (unpaired) electrons. The summed E-state index contributed by atoms with van der Waals surface area (Å²) in [4.78, 5) is 12.6. The summed E-state index contributed by atoms with van der Waals surface area (Å²) in [7, 11) is 0. The lowest BCUT2D eigenvalue weighted by Crippen LogP contribution is -2.32. The highest BCUT2D eigenvalue weighted by molar-refractivity contribution is 5.82. The summed E-state index contributed by atoms with van der Waals surface area (Å²) in [5.41, 5.74) is 0.109. The number of fused-ring (bicyclic) bond motifs is 1. The Morgan fingerprint density at radius 3 is 2.86 bits per heavy atom. The van der Waals surface area contributed by atoms with Crippen LogP contribution in [0, 0.1) is 5.92 Å². The number of rotatable bonds is 5. The van der Waals surface area contributed by atoms with Gasteiger partial charge >= 0.3 is 0 Å². The summed E-state index contributed by atoms with van der Waals surface area (Å²) in [6.07, 6.45) is 5.20.